The Morgan fingerprint density at radius 2 is 1.85 bits per heavy atom. The van der Waals surface area contributed by atoms with Crippen LogP contribution < -0.4 is 5.69 Å². The van der Waals surface area contributed by atoms with Crippen molar-refractivity contribution in [3.63, 3.8) is 0 Å². The number of hydrogen-bond donors (Lipinski definition) is 1. The molecular formula is C23H34ClF3N4OS. The Bertz CT molecular complexity index is 996. The predicted octanol–water partition coefficient (Wildman–Crippen LogP) is 7.15. The Morgan fingerprint density at radius 1 is 1.33 bits per heavy atom. The summed E-state index contributed by atoms with van der Waals surface area (Å²) in [4.78, 5) is 16.6. The van der Waals surface area contributed by atoms with Crippen LogP contribution in [0.4, 0.5) is 13.2 Å². The highest BCUT2D eigenvalue weighted by Gasteiger charge is 2.26. The number of aromatic nitrogens is 3. The van der Waals surface area contributed by atoms with Gasteiger partial charge in [-0.3, -0.25) is 4.99 Å². The van der Waals surface area contributed by atoms with Crippen LogP contribution in [0.25, 0.3) is 5.69 Å². The van der Waals surface area contributed by atoms with Crippen molar-refractivity contribution in [1.29, 1.82) is 0 Å². The first-order valence-electron chi connectivity index (χ1n) is 10.3. The van der Waals surface area contributed by atoms with E-state index >= 15 is 0 Å². The monoisotopic (exact) mass is 506 g/mol. The van der Waals surface area contributed by atoms with E-state index in [0.29, 0.717) is 10.2 Å². The van der Waals surface area contributed by atoms with Gasteiger partial charge in [-0.25, -0.2) is 27.6 Å². The Balaban J connectivity index is 0.000000968. The number of aromatic amines is 1. The van der Waals surface area contributed by atoms with Gasteiger partial charge in [0.2, 0.25) is 5.16 Å². The van der Waals surface area contributed by atoms with E-state index in [9.17, 15) is 18.0 Å². The minimum atomic E-state index is -2.78. The van der Waals surface area contributed by atoms with Crippen molar-refractivity contribution in [3.05, 3.63) is 50.9 Å². The van der Waals surface area contributed by atoms with Gasteiger partial charge in [0.15, 0.2) is 6.67 Å². The van der Waals surface area contributed by atoms with Gasteiger partial charge in [0.05, 0.1) is 10.7 Å². The second kappa shape index (κ2) is 14.3. The van der Waals surface area contributed by atoms with Crippen molar-refractivity contribution in [2.75, 3.05) is 13.7 Å². The van der Waals surface area contributed by atoms with Crippen molar-refractivity contribution in [2.45, 2.75) is 71.9 Å². The molecule has 0 saturated heterocycles. The zero-order valence-corrected chi connectivity index (χ0v) is 22.1. The van der Waals surface area contributed by atoms with Gasteiger partial charge in [0.1, 0.15) is 0 Å². The highest BCUT2D eigenvalue weighted by Crippen LogP contribution is 2.36. The topological polar surface area (TPSA) is 63.0 Å². The second-order valence-corrected chi connectivity index (χ2v) is 9.67. The summed E-state index contributed by atoms with van der Waals surface area (Å²) in [5.74, 6) is 0. The molecule has 33 heavy (non-hydrogen) atoms. The van der Waals surface area contributed by atoms with Gasteiger partial charge < -0.3 is 0 Å². The first kappa shape index (κ1) is 31.0. The number of allylic oxidation sites excluding steroid dienone is 1. The molecular weight excluding hydrogens is 473 g/mol. The smallest absolute Gasteiger partial charge is 0.286 e. The van der Waals surface area contributed by atoms with Gasteiger partial charge in [0.25, 0.3) is 6.43 Å². The van der Waals surface area contributed by atoms with Crippen LogP contribution in [0.5, 0.6) is 0 Å². The average molecular weight is 507 g/mol. The van der Waals surface area contributed by atoms with Crippen LogP contribution in [0.2, 0.25) is 5.02 Å². The maximum atomic E-state index is 12.4. The molecule has 0 aliphatic carbocycles. The van der Waals surface area contributed by atoms with Gasteiger partial charge in [-0.05, 0) is 74.6 Å². The van der Waals surface area contributed by atoms with Crippen LogP contribution in [-0.4, -0.2) is 40.0 Å². The van der Waals surface area contributed by atoms with E-state index in [1.54, 1.807) is 11.6 Å². The average Bonchev–Trinajstić information content (AvgIpc) is 3.09. The lowest BCUT2D eigenvalue weighted by molar-refractivity contribution is 0.113. The number of rotatable bonds is 5. The van der Waals surface area contributed by atoms with Crippen molar-refractivity contribution in [1.82, 2.24) is 14.8 Å². The Morgan fingerprint density at radius 3 is 2.27 bits per heavy atom. The summed E-state index contributed by atoms with van der Waals surface area (Å²) in [6.07, 6.45) is -1.86. The van der Waals surface area contributed by atoms with Crippen molar-refractivity contribution in [3.8, 4) is 5.69 Å². The third-order valence-electron chi connectivity index (χ3n) is 4.44. The van der Waals surface area contributed by atoms with Gasteiger partial charge in [-0.2, -0.15) is 0 Å². The number of nitrogens with zero attached hydrogens (tertiary/aromatic N) is 3. The molecule has 186 valence electrons. The molecule has 0 spiro atoms. The fraction of sp³-hybridized carbons (Fsp3) is 0.522. The largest absolute Gasteiger partial charge is 0.348 e. The molecule has 2 rings (SSSR count). The van der Waals surface area contributed by atoms with Crippen LogP contribution >= 0.6 is 23.4 Å². The molecule has 0 saturated carbocycles. The Labute approximate surface area is 203 Å². The minimum absolute atomic E-state index is 0.126. The summed E-state index contributed by atoms with van der Waals surface area (Å²) in [5.41, 5.74) is 3.54. The quantitative estimate of drug-likeness (QED) is 0.202. The molecule has 0 aliphatic rings. The van der Waals surface area contributed by atoms with E-state index in [0.717, 1.165) is 28.3 Å². The zero-order valence-electron chi connectivity index (χ0n) is 20.5. The molecule has 1 heterocycles. The van der Waals surface area contributed by atoms with Gasteiger partial charge >= 0.3 is 5.69 Å². The Kier molecular flexibility index (Phi) is 13.4. The molecule has 10 heteroatoms. The summed E-state index contributed by atoms with van der Waals surface area (Å²) < 4.78 is 32.8. The van der Waals surface area contributed by atoms with Crippen molar-refractivity contribution >= 4 is 28.4 Å². The normalized spacial score (nSPS) is 11.5. The summed E-state index contributed by atoms with van der Waals surface area (Å²) in [6.45, 7) is 16.2. The third-order valence-corrected chi connectivity index (χ3v) is 5.78. The van der Waals surface area contributed by atoms with Crippen molar-refractivity contribution in [2.24, 2.45) is 4.99 Å². The lowest BCUT2D eigenvalue weighted by Gasteiger charge is -2.27. The molecule has 1 aromatic heterocycles. The van der Waals surface area contributed by atoms with Crippen LogP contribution in [-0.2, 0) is 5.41 Å². The van der Waals surface area contributed by atoms with Crippen LogP contribution in [0, 0.1) is 6.92 Å². The molecule has 2 aromatic rings. The maximum Gasteiger partial charge on any atom is 0.348 e. The van der Waals surface area contributed by atoms with Gasteiger partial charge in [-0.15, -0.1) is 11.7 Å². The number of alkyl halides is 3. The number of thioether (sulfide) groups is 1. The second-order valence-electron chi connectivity index (χ2n) is 8.10. The maximum absolute atomic E-state index is 12.4. The SMILES string of the molecule is C=C(C)C.CCC(C)(C)c1cc(Cl)c(C)cc1-n1c(SC(C)=NC)n[nH]c1=O.FCC(F)F. The van der Waals surface area contributed by atoms with Crippen LogP contribution in [0.1, 0.15) is 59.1 Å². The van der Waals surface area contributed by atoms with Crippen LogP contribution in [0.15, 0.2) is 39.2 Å². The van der Waals surface area contributed by atoms with E-state index in [-0.39, 0.29) is 11.1 Å². The van der Waals surface area contributed by atoms with E-state index in [2.05, 4.69) is 42.5 Å². The fourth-order valence-electron chi connectivity index (χ4n) is 2.32. The molecule has 0 aliphatic heterocycles. The molecule has 0 fully saturated rings. The lowest BCUT2D eigenvalue weighted by atomic mass is 9.81. The Hall–Kier alpha value is -2.00. The van der Waals surface area contributed by atoms with Gasteiger partial charge in [-0.1, -0.05) is 37.9 Å². The number of halogens is 4. The van der Waals surface area contributed by atoms with E-state index in [1.165, 1.54) is 17.3 Å². The highest BCUT2D eigenvalue weighted by molar-refractivity contribution is 8.13. The number of benzene rings is 1. The van der Waals surface area contributed by atoms with E-state index in [4.69, 9.17) is 11.6 Å². The molecule has 0 atom stereocenters. The molecule has 0 bridgehead atoms. The number of nitrogens with one attached hydrogen (secondary N) is 1. The number of hydrogen-bond acceptors (Lipinski definition) is 4. The minimum Gasteiger partial charge on any atom is -0.286 e. The summed E-state index contributed by atoms with van der Waals surface area (Å²) >= 11 is 7.72. The van der Waals surface area contributed by atoms with Gasteiger partial charge in [0, 0.05) is 12.1 Å². The molecule has 0 unspecified atom stereocenters. The molecule has 0 radical (unpaired) electrons. The first-order valence-corrected chi connectivity index (χ1v) is 11.5. The summed E-state index contributed by atoms with van der Waals surface area (Å²) in [7, 11) is 1.72. The lowest BCUT2D eigenvalue weighted by Crippen LogP contribution is -2.24. The van der Waals surface area contributed by atoms with E-state index in [1.807, 2.05) is 39.8 Å². The fourth-order valence-corrected chi connectivity index (χ4v) is 3.21. The summed E-state index contributed by atoms with van der Waals surface area (Å²) in [5, 5.41) is 8.80. The zero-order chi connectivity index (χ0) is 25.9. The van der Waals surface area contributed by atoms with E-state index < -0.39 is 13.1 Å². The number of H-pyrrole nitrogens is 1. The molecule has 5 nitrogen and oxygen atoms in total. The third kappa shape index (κ3) is 10.2. The number of aliphatic imine (C=N–C) groups is 1. The molecule has 1 N–H and O–H groups in total. The highest BCUT2D eigenvalue weighted by atomic mass is 35.5. The first-order chi connectivity index (χ1) is 15.2. The molecule has 0 amide bonds. The standard InChI is InChI=1S/C17H23ClN4OS.C4H8.C2H3F3/c1-7-17(4,5)12-9-13(18)10(2)8-14(12)22-15(23)20-21-16(22)24-11(3)19-6;1-4(2)3;3-1-2(4)5/h8-9H,7H2,1-6H3,(H,20,23);1H2,2-3H3;2H,1H2. The summed E-state index contributed by atoms with van der Waals surface area (Å²) in [6, 6.07) is 3.92. The molecule has 1 aromatic carbocycles. The number of aryl methyl sites for hydroxylation is 1. The van der Waals surface area contributed by atoms with Crippen molar-refractivity contribution < 1.29 is 13.2 Å². The van der Waals surface area contributed by atoms with Crippen LogP contribution in [0.3, 0.4) is 0 Å². The predicted molar refractivity (Wildman–Crippen MR) is 135 cm³/mol.